The van der Waals surface area contributed by atoms with Crippen molar-refractivity contribution in [2.75, 3.05) is 0 Å². The summed E-state index contributed by atoms with van der Waals surface area (Å²) in [5.41, 5.74) is 0. The molecule has 0 saturated heterocycles. The Morgan fingerprint density at radius 2 is 1.07 bits per heavy atom. The van der Waals surface area contributed by atoms with Crippen LogP contribution in [0, 0.1) is 0 Å². The maximum absolute atomic E-state index is 2.54. The Bertz CT molecular complexity index is 489. The summed E-state index contributed by atoms with van der Waals surface area (Å²) in [7, 11) is 0. The molecule has 30 heavy (non-hydrogen) atoms. The van der Waals surface area contributed by atoms with Crippen molar-refractivity contribution >= 4 is 0 Å². The first-order chi connectivity index (χ1) is 14.7. The number of hydrogen-bond donors (Lipinski definition) is 0. The third-order valence-corrected chi connectivity index (χ3v) is 6.54. The van der Waals surface area contributed by atoms with Crippen molar-refractivity contribution in [2.24, 2.45) is 0 Å². The number of aromatic nitrogens is 2. The maximum atomic E-state index is 2.54. The van der Waals surface area contributed by atoms with Gasteiger partial charge in [-0.15, -0.1) is 0 Å². The summed E-state index contributed by atoms with van der Waals surface area (Å²) in [6, 6.07) is 0. The molecule has 2 nitrogen and oxygen atoms in total. The molecule has 176 valence electrons. The predicted octanol–water partition coefficient (Wildman–Crippen LogP) is 8.96. The molecule has 0 aliphatic carbocycles. The molecule has 0 unspecified atom stereocenters. The Kier molecular flexibility index (Phi) is 17.2. The van der Waals surface area contributed by atoms with E-state index >= 15 is 0 Å². The molecule has 2 heteroatoms. The molecule has 1 aromatic rings. The molecule has 0 radical (unpaired) electrons. The first-order valence-electron chi connectivity index (χ1n) is 13.8. The lowest BCUT2D eigenvalue weighted by atomic mass is 10.1. The second-order valence-corrected chi connectivity index (χ2v) is 9.85. The van der Waals surface area contributed by atoms with E-state index in [2.05, 4.69) is 49.2 Å². The van der Waals surface area contributed by atoms with E-state index in [9.17, 15) is 0 Å². The van der Waals surface area contributed by atoms with Gasteiger partial charge in [0.25, 0.3) is 5.82 Å². The maximum Gasteiger partial charge on any atom is 0.258 e. The van der Waals surface area contributed by atoms with Crippen molar-refractivity contribution in [1.82, 2.24) is 4.57 Å². The van der Waals surface area contributed by atoms with Crippen LogP contribution in [0.25, 0.3) is 0 Å². The standard InChI is InChI=1S/C28H55N2/c1-5-7-9-11-13-14-15-16-18-20-22-24-30-26-25-29(28(30)27(3)4)23-21-19-17-12-10-8-6-2/h25-27H,5-24H2,1-4H3/q+1. The van der Waals surface area contributed by atoms with Gasteiger partial charge >= 0.3 is 0 Å². The van der Waals surface area contributed by atoms with Crippen LogP contribution < -0.4 is 4.57 Å². The lowest BCUT2D eigenvalue weighted by molar-refractivity contribution is -0.705. The van der Waals surface area contributed by atoms with E-state index in [1.807, 2.05) is 0 Å². The van der Waals surface area contributed by atoms with Gasteiger partial charge in [-0.05, 0) is 25.7 Å². The topological polar surface area (TPSA) is 8.81 Å². The van der Waals surface area contributed by atoms with Crippen molar-refractivity contribution in [3.63, 3.8) is 0 Å². The third kappa shape index (κ3) is 12.8. The van der Waals surface area contributed by atoms with Gasteiger partial charge in [0.05, 0.1) is 19.0 Å². The van der Waals surface area contributed by atoms with Crippen LogP contribution in [0.3, 0.4) is 0 Å². The Balaban J connectivity index is 2.17. The average molecular weight is 420 g/mol. The van der Waals surface area contributed by atoms with Crippen LogP contribution in [0.5, 0.6) is 0 Å². The van der Waals surface area contributed by atoms with Crippen molar-refractivity contribution in [3.8, 4) is 0 Å². The minimum atomic E-state index is 0.609. The van der Waals surface area contributed by atoms with Crippen molar-refractivity contribution in [2.45, 2.75) is 162 Å². The monoisotopic (exact) mass is 419 g/mol. The number of rotatable bonds is 21. The Labute approximate surface area is 189 Å². The van der Waals surface area contributed by atoms with Crippen LogP contribution in [0.2, 0.25) is 0 Å². The molecule has 0 saturated carbocycles. The fourth-order valence-corrected chi connectivity index (χ4v) is 4.71. The SMILES string of the molecule is CCCCCCCCCCCCC[n+]1ccn(CCCCCCCCC)c1C(C)C. The highest BCUT2D eigenvalue weighted by molar-refractivity contribution is 4.89. The quantitative estimate of drug-likeness (QED) is 0.139. The molecule has 1 aromatic heterocycles. The normalized spacial score (nSPS) is 11.6. The second kappa shape index (κ2) is 18.9. The first kappa shape index (κ1) is 27.2. The van der Waals surface area contributed by atoms with E-state index in [-0.39, 0.29) is 0 Å². The van der Waals surface area contributed by atoms with Gasteiger partial charge in [-0.2, -0.15) is 0 Å². The number of imidazole rings is 1. The number of unbranched alkanes of at least 4 members (excludes halogenated alkanes) is 16. The molecule has 0 aromatic carbocycles. The molecule has 0 bridgehead atoms. The van der Waals surface area contributed by atoms with Gasteiger partial charge < -0.3 is 0 Å². The van der Waals surface area contributed by atoms with Gasteiger partial charge in [-0.1, -0.05) is 118 Å². The Morgan fingerprint density at radius 1 is 0.633 bits per heavy atom. The van der Waals surface area contributed by atoms with E-state index in [0.717, 1.165) is 0 Å². The van der Waals surface area contributed by atoms with Crippen LogP contribution in [0.1, 0.15) is 155 Å². The zero-order chi connectivity index (χ0) is 21.9. The third-order valence-electron chi connectivity index (χ3n) is 6.54. The zero-order valence-electron chi connectivity index (χ0n) is 21.3. The first-order valence-corrected chi connectivity index (χ1v) is 13.8. The molecule has 1 heterocycles. The number of nitrogens with zero attached hydrogens (tertiary/aromatic N) is 2. The van der Waals surface area contributed by atoms with Gasteiger partial charge in [0, 0.05) is 0 Å². The Morgan fingerprint density at radius 3 is 1.53 bits per heavy atom. The predicted molar refractivity (Wildman–Crippen MR) is 133 cm³/mol. The molecule has 0 amide bonds. The van der Waals surface area contributed by atoms with Crippen LogP contribution >= 0.6 is 0 Å². The summed E-state index contributed by atoms with van der Waals surface area (Å²) < 4.78 is 5.08. The molecule has 0 atom stereocenters. The van der Waals surface area contributed by atoms with Crippen LogP contribution in [-0.2, 0) is 13.1 Å². The largest absolute Gasteiger partial charge is 0.258 e. The highest BCUT2D eigenvalue weighted by Gasteiger charge is 2.19. The van der Waals surface area contributed by atoms with Crippen molar-refractivity contribution < 1.29 is 4.57 Å². The summed E-state index contributed by atoms with van der Waals surface area (Å²) in [5.74, 6) is 2.14. The molecule has 0 spiro atoms. The minimum absolute atomic E-state index is 0.609. The van der Waals surface area contributed by atoms with Gasteiger partial charge in [-0.25, -0.2) is 9.13 Å². The molecule has 0 N–H and O–H groups in total. The van der Waals surface area contributed by atoms with Crippen LogP contribution in [0.4, 0.5) is 0 Å². The molecule has 0 aliphatic heterocycles. The zero-order valence-corrected chi connectivity index (χ0v) is 21.3. The minimum Gasteiger partial charge on any atom is -0.234 e. The highest BCUT2D eigenvalue weighted by atomic mass is 15.1. The van der Waals surface area contributed by atoms with Crippen molar-refractivity contribution in [3.05, 3.63) is 18.2 Å². The summed E-state index contributed by atoms with van der Waals surface area (Å²) in [6.07, 6.45) is 30.1. The lowest BCUT2D eigenvalue weighted by Crippen LogP contribution is -2.38. The molecular formula is C28H55N2+. The van der Waals surface area contributed by atoms with Crippen molar-refractivity contribution in [1.29, 1.82) is 0 Å². The van der Waals surface area contributed by atoms with Gasteiger partial charge in [-0.3, -0.25) is 0 Å². The van der Waals surface area contributed by atoms with E-state index in [1.54, 1.807) is 0 Å². The molecule has 1 rings (SSSR count). The van der Waals surface area contributed by atoms with E-state index in [1.165, 1.54) is 134 Å². The number of aryl methyl sites for hydroxylation is 2. The highest BCUT2D eigenvalue weighted by Crippen LogP contribution is 2.15. The summed E-state index contributed by atoms with van der Waals surface area (Å²) in [5, 5.41) is 0. The van der Waals surface area contributed by atoms with Gasteiger partial charge in [0.15, 0.2) is 0 Å². The average Bonchev–Trinajstić information content (AvgIpc) is 3.14. The smallest absolute Gasteiger partial charge is 0.234 e. The van der Waals surface area contributed by atoms with Crippen LogP contribution in [0.15, 0.2) is 12.4 Å². The second-order valence-electron chi connectivity index (χ2n) is 9.85. The fraction of sp³-hybridized carbons (Fsp3) is 0.893. The van der Waals surface area contributed by atoms with E-state index < -0.39 is 0 Å². The summed E-state index contributed by atoms with van der Waals surface area (Å²) in [6.45, 7) is 11.7. The van der Waals surface area contributed by atoms with E-state index in [0.29, 0.717) is 5.92 Å². The summed E-state index contributed by atoms with van der Waals surface area (Å²) >= 11 is 0. The lowest BCUT2D eigenvalue weighted by Gasteiger charge is -2.08. The Hall–Kier alpha value is -0.790. The molecule has 0 fully saturated rings. The molecule has 0 aliphatic rings. The summed E-state index contributed by atoms with van der Waals surface area (Å²) in [4.78, 5) is 0. The van der Waals surface area contributed by atoms with Gasteiger partial charge in [0.1, 0.15) is 12.4 Å². The van der Waals surface area contributed by atoms with E-state index in [4.69, 9.17) is 0 Å². The van der Waals surface area contributed by atoms with Gasteiger partial charge in [0.2, 0.25) is 0 Å². The van der Waals surface area contributed by atoms with Crippen LogP contribution in [-0.4, -0.2) is 4.57 Å². The fourth-order valence-electron chi connectivity index (χ4n) is 4.71. The number of hydrogen-bond acceptors (Lipinski definition) is 0. The molecular weight excluding hydrogens is 364 g/mol.